The Labute approximate surface area is 107 Å². The van der Waals surface area contributed by atoms with E-state index in [-0.39, 0.29) is 0 Å². The minimum Gasteiger partial charge on any atom is -0.506 e. The van der Waals surface area contributed by atoms with Crippen LogP contribution in [0.2, 0.25) is 0 Å². The van der Waals surface area contributed by atoms with Gasteiger partial charge in [-0.15, -0.1) is 0 Å². The number of hydrogen-bond donors (Lipinski definition) is 2. The summed E-state index contributed by atoms with van der Waals surface area (Å²) >= 11 is 6.71. The zero-order valence-corrected chi connectivity index (χ0v) is 11.9. The Kier molecular flexibility index (Phi) is 5.64. The predicted molar refractivity (Wildman–Crippen MR) is 70.1 cm³/mol. The first-order chi connectivity index (χ1) is 7.15. The van der Waals surface area contributed by atoms with E-state index in [0.717, 1.165) is 27.5 Å². The van der Waals surface area contributed by atoms with Crippen LogP contribution in [0, 0.1) is 0 Å². The Bertz CT molecular complexity index is 329. The third-order valence-corrected chi connectivity index (χ3v) is 3.19. The third kappa shape index (κ3) is 4.13. The van der Waals surface area contributed by atoms with Crippen LogP contribution >= 0.6 is 31.9 Å². The lowest BCUT2D eigenvalue weighted by Crippen LogP contribution is -2.14. The molecule has 1 rings (SSSR count). The van der Waals surface area contributed by atoms with Gasteiger partial charge < -0.3 is 10.4 Å². The molecule has 0 fully saturated rings. The maximum atomic E-state index is 9.77. The first-order valence-corrected chi connectivity index (χ1v) is 6.61. The SMILES string of the molecule is CCCCNCc1cc(Br)cc(Br)c1O. The molecular weight excluding hydrogens is 322 g/mol. The van der Waals surface area contributed by atoms with E-state index in [1.807, 2.05) is 12.1 Å². The van der Waals surface area contributed by atoms with Gasteiger partial charge in [0.25, 0.3) is 0 Å². The number of unbranched alkanes of at least 4 members (excludes halogenated alkanes) is 1. The molecule has 0 bridgehead atoms. The molecule has 2 N–H and O–H groups in total. The van der Waals surface area contributed by atoms with Crippen LogP contribution < -0.4 is 5.32 Å². The lowest BCUT2D eigenvalue weighted by atomic mass is 10.2. The van der Waals surface area contributed by atoms with Crippen molar-refractivity contribution in [2.75, 3.05) is 6.54 Å². The molecule has 0 spiro atoms. The second-order valence-corrected chi connectivity index (χ2v) is 5.20. The van der Waals surface area contributed by atoms with Crippen LogP contribution in [0.1, 0.15) is 25.3 Å². The van der Waals surface area contributed by atoms with Gasteiger partial charge in [-0.2, -0.15) is 0 Å². The molecule has 0 aliphatic heterocycles. The van der Waals surface area contributed by atoms with Crippen molar-refractivity contribution in [3.8, 4) is 5.75 Å². The fourth-order valence-corrected chi connectivity index (χ4v) is 2.59. The Morgan fingerprint density at radius 2 is 2.07 bits per heavy atom. The molecule has 0 amide bonds. The normalized spacial score (nSPS) is 10.6. The Hall–Kier alpha value is -0.0600. The van der Waals surface area contributed by atoms with Crippen molar-refractivity contribution in [2.45, 2.75) is 26.3 Å². The molecule has 0 aromatic heterocycles. The van der Waals surface area contributed by atoms with Crippen molar-refractivity contribution >= 4 is 31.9 Å². The van der Waals surface area contributed by atoms with Gasteiger partial charge in [0.05, 0.1) is 4.47 Å². The van der Waals surface area contributed by atoms with Gasteiger partial charge >= 0.3 is 0 Å². The number of phenols is 1. The predicted octanol–water partition coefficient (Wildman–Crippen LogP) is 3.81. The van der Waals surface area contributed by atoms with E-state index in [4.69, 9.17) is 0 Å². The van der Waals surface area contributed by atoms with Gasteiger partial charge in [-0.25, -0.2) is 0 Å². The van der Waals surface area contributed by atoms with E-state index in [1.54, 1.807) is 0 Å². The molecule has 0 heterocycles. The molecule has 0 aliphatic rings. The van der Waals surface area contributed by atoms with Crippen molar-refractivity contribution in [1.82, 2.24) is 5.32 Å². The molecule has 0 unspecified atom stereocenters. The maximum Gasteiger partial charge on any atom is 0.134 e. The summed E-state index contributed by atoms with van der Waals surface area (Å²) in [6.07, 6.45) is 2.34. The van der Waals surface area contributed by atoms with Crippen LogP contribution in [0.25, 0.3) is 0 Å². The molecule has 1 aromatic rings. The Morgan fingerprint density at radius 3 is 2.73 bits per heavy atom. The van der Waals surface area contributed by atoms with E-state index in [1.165, 1.54) is 6.42 Å². The van der Waals surface area contributed by atoms with Crippen LogP contribution in [-0.2, 0) is 6.54 Å². The zero-order valence-electron chi connectivity index (χ0n) is 8.69. The number of phenolic OH excluding ortho intramolecular Hbond substituents is 1. The molecule has 0 aliphatic carbocycles. The second-order valence-electron chi connectivity index (χ2n) is 3.43. The molecule has 84 valence electrons. The molecule has 0 radical (unpaired) electrons. The van der Waals surface area contributed by atoms with E-state index in [9.17, 15) is 5.11 Å². The molecule has 0 atom stereocenters. The summed E-state index contributed by atoms with van der Waals surface area (Å²) in [6, 6.07) is 3.77. The number of benzene rings is 1. The lowest BCUT2D eigenvalue weighted by Gasteiger charge is -2.08. The molecule has 4 heteroatoms. The van der Waals surface area contributed by atoms with Gasteiger partial charge in [0.2, 0.25) is 0 Å². The summed E-state index contributed by atoms with van der Waals surface area (Å²) in [6.45, 7) is 3.85. The van der Waals surface area contributed by atoms with Crippen LogP contribution in [-0.4, -0.2) is 11.7 Å². The van der Waals surface area contributed by atoms with Crippen LogP contribution in [0.5, 0.6) is 5.75 Å². The van der Waals surface area contributed by atoms with Crippen molar-refractivity contribution in [3.63, 3.8) is 0 Å². The number of hydrogen-bond acceptors (Lipinski definition) is 2. The quantitative estimate of drug-likeness (QED) is 0.801. The topological polar surface area (TPSA) is 32.3 Å². The third-order valence-electron chi connectivity index (χ3n) is 2.13. The minimum absolute atomic E-state index is 0.321. The fraction of sp³-hybridized carbons (Fsp3) is 0.455. The van der Waals surface area contributed by atoms with Crippen molar-refractivity contribution in [3.05, 3.63) is 26.6 Å². The highest BCUT2D eigenvalue weighted by Gasteiger charge is 2.06. The van der Waals surface area contributed by atoms with Gasteiger partial charge in [-0.05, 0) is 41.0 Å². The first-order valence-electron chi connectivity index (χ1n) is 5.02. The first kappa shape index (κ1) is 13.0. The number of halogens is 2. The van der Waals surface area contributed by atoms with E-state index >= 15 is 0 Å². The molecule has 15 heavy (non-hydrogen) atoms. The average molecular weight is 337 g/mol. The van der Waals surface area contributed by atoms with Gasteiger partial charge in [0.1, 0.15) is 5.75 Å². The molecule has 0 saturated carbocycles. The summed E-state index contributed by atoms with van der Waals surface area (Å²) in [5, 5.41) is 13.1. The van der Waals surface area contributed by atoms with E-state index < -0.39 is 0 Å². The van der Waals surface area contributed by atoms with Crippen LogP contribution in [0.3, 0.4) is 0 Å². The molecule has 1 aromatic carbocycles. The second kappa shape index (κ2) is 6.51. The minimum atomic E-state index is 0.321. The van der Waals surface area contributed by atoms with Gasteiger partial charge in [0.15, 0.2) is 0 Å². The summed E-state index contributed by atoms with van der Waals surface area (Å²) in [5.41, 5.74) is 0.910. The summed E-state index contributed by atoms with van der Waals surface area (Å²) in [4.78, 5) is 0. The number of rotatable bonds is 5. The molecule has 2 nitrogen and oxygen atoms in total. The van der Waals surface area contributed by atoms with Gasteiger partial charge in [-0.1, -0.05) is 29.3 Å². The van der Waals surface area contributed by atoms with Crippen LogP contribution in [0.4, 0.5) is 0 Å². The summed E-state index contributed by atoms with van der Waals surface area (Å²) in [5.74, 6) is 0.321. The number of aromatic hydroxyl groups is 1. The van der Waals surface area contributed by atoms with Crippen molar-refractivity contribution < 1.29 is 5.11 Å². The highest BCUT2D eigenvalue weighted by molar-refractivity contribution is 9.11. The monoisotopic (exact) mass is 335 g/mol. The van der Waals surface area contributed by atoms with Crippen LogP contribution in [0.15, 0.2) is 21.1 Å². The van der Waals surface area contributed by atoms with E-state index in [0.29, 0.717) is 12.3 Å². The fourth-order valence-electron chi connectivity index (χ4n) is 1.28. The Morgan fingerprint density at radius 1 is 1.33 bits per heavy atom. The zero-order chi connectivity index (χ0) is 11.3. The molecule has 0 saturated heterocycles. The van der Waals surface area contributed by atoms with Gasteiger partial charge in [-0.3, -0.25) is 0 Å². The molecular formula is C11H15Br2NO. The smallest absolute Gasteiger partial charge is 0.134 e. The summed E-state index contributed by atoms with van der Waals surface area (Å²) < 4.78 is 1.70. The Balaban J connectivity index is 2.60. The standard InChI is InChI=1S/C11H15Br2NO/c1-2-3-4-14-7-8-5-9(12)6-10(13)11(8)15/h5-6,14-15H,2-4,7H2,1H3. The average Bonchev–Trinajstić information content (AvgIpc) is 2.19. The highest BCUT2D eigenvalue weighted by Crippen LogP contribution is 2.31. The van der Waals surface area contributed by atoms with Crippen molar-refractivity contribution in [2.24, 2.45) is 0 Å². The lowest BCUT2D eigenvalue weighted by molar-refractivity contribution is 0.460. The van der Waals surface area contributed by atoms with Crippen molar-refractivity contribution in [1.29, 1.82) is 0 Å². The van der Waals surface area contributed by atoms with Gasteiger partial charge in [0, 0.05) is 16.6 Å². The largest absolute Gasteiger partial charge is 0.506 e. The number of nitrogens with one attached hydrogen (secondary N) is 1. The summed E-state index contributed by atoms with van der Waals surface area (Å²) in [7, 11) is 0. The highest BCUT2D eigenvalue weighted by atomic mass is 79.9. The maximum absolute atomic E-state index is 9.77. The van der Waals surface area contributed by atoms with E-state index in [2.05, 4.69) is 44.1 Å².